The lowest BCUT2D eigenvalue weighted by molar-refractivity contribution is 0.100. The Morgan fingerprint density at radius 3 is 2.75 bits per heavy atom. The van der Waals surface area contributed by atoms with Gasteiger partial charge >= 0.3 is 0 Å². The zero-order valence-corrected chi connectivity index (χ0v) is 13.3. The van der Waals surface area contributed by atoms with Gasteiger partial charge in [0.2, 0.25) is 0 Å². The molecule has 0 radical (unpaired) electrons. The third-order valence-corrected chi connectivity index (χ3v) is 4.03. The predicted molar refractivity (Wildman–Crippen MR) is 92.2 cm³/mol. The maximum atomic E-state index is 11.6. The van der Waals surface area contributed by atoms with Crippen molar-refractivity contribution in [2.45, 2.75) is 12.8 Å². The number of pyridine rings is 1. The summed E-state index contributed by atoms with van der Waals surface area (Å²) in [5.41, 5.74) is 6.52. The lowest BCUT2D eigenvalue weighted by Gasteiger charge is -2.23. The van der Waals surface area contributed by atoms with Crippen LogP contribution in [0, 0.1) is 5.92 Å². The summed E-state index contributed by atoms with van der Waals surface area (Å²) < 4.78 is 0. The molecule has 8 nitrogen and oxygen atoms in total. The number of hydrogen-bond acceptors (Lipinski definition) is 7. The van der Waals surface area contributed by atoms with Gasteiger partial charge in [-0.05, 0) is 31.8 Å². The van der Waals surface area contributed by atoms with Gasteiger partial charge in [0.05, 0.1) is 17.4 Å². The van der Waals surface area contributed by atoms with E-state index in [0.29, 0.717) is 28.8 Å². The zero-order chi connectivity index (χ0) is 16.8. The Labute approximate surface area is 140 Å². The lowest BCUT2D eigenvalue weighted by atomic mass is 9.98. The smallest absolute Gasteiger partial charge is 0.252 e. The summed E-state index contributed by atoms with van der Waals surface area (Å²) in [6, 6.07) is 1.77. The minimum Gasteiger partial charge on any atom is -0.384 e. The van der Waals surface area contributed by atoms with Crippen molar-refractivity contribution in [3.8, 4) is 0 Å². The highest BCUT2D eigenvalue weighted by Crippen LogP contribution is 2.22. The average molecular weight is 327 g/mol. The number of primary amides is 1. The Kier molecular flexibility index (Phi) is 5.17. The van der Waals surface area contributed by atoms with Crippen LogP contribution < -0.4 is 21.7 Å². The first-order valence-corrected chi connectivity index (χ1v) is 8.00. The van der Waals surface area contributed by atoms with Crippen molar-refractivity contribution in [1.29, 1.82) is 0 Å². The molecule has 0 bridgehead atoms. The van der Waals surface area contributed by atoms with E-state index in [2.05, 4.69) is 30.9 Å². The van der Waals surface area contributed by atoms with Crippen LogP contribution in [0.25, 0.3) is 0 Å². The number of piperidine rings is 1. The van der Waals surface area contributed by atoms with Crippen molar-refractivity contribution in [3.63, 3.8) is 0 Å². The minimum atomic E-state index is -0.499. The molecule has 1 saturated heterocycles. The fourth-order valence-electron chi connectivity index (χ4n) is 2.70. The first-order valence-electron chi connectivity index (χ1n) is 8.00. The van der Waals surface area contributed by atoms with E-state index < -0.39 is 5.91 Å². The van der Waals surface area contributed by atoms with Crippen molar-refractivity contribution in [2.75, 3.05) is 30.3 Å². The minimum absolute atomic E-state index is 0.383. The summed E-state index contributed by atoms with van der Waals surface area (Å²) in [5.74, 6) is 1.24. The van der Waals surface area contributed by atoms with Gasteiger partial charge in [0.15, 0.2) is 0 Å². The second kappa shape index (κ2) is 7.69. The number of rotatable bonds is 6. The van der Waals surface area contributed by atoms with Crippen LogP contribution in [0.15, 0.2) is 30.9 Å². The molecule has 3 heterocycles. The quantitative estimate of drug-likeness (QED) is 0.628. The van der Waals surface area contributed by atoms with Gasteiger partial charge in [-0.1, -0.05) is 0 Å². The van der Waals surface area contributed by atoms with Crippen LogP contribution in [-0.2, 0) is 0 Å². The van der Waals surface area contributed by atoms with E-state index >= 15 is 0 Å². The van der Waals surface area contributed by atoms with Gasteiger partial charge in [-0.15, -0.1) is 0 Å². The van der Waals surface area contributed by atoms with Crippen molar-refractivity contribution < 1.29 is 4.79 Å². The van der Waals surface area contributed by atoms with Crippen molar-refractivity contribution >= 4 is 23.2 Å². The molecule has 1 fully saturated rings. The van der Waals surface area contributed by atoms with Gasteiger partial charge in [-0.3, -0.25) is 9.78 Å². The Balaban J connectivity index is 1.74. The third-order valence-electron chi connectivity index (χ3n) is 4.03. The summed E-state index contributed by atoms with van der Waals surface area (Å²) in [5, 5.41) is 9.75. The summed E-state index contributed by atoms with van der Waals surface area (Å²) in [6.45, 7) is 2.87. The van der Waals surface area contributed by atoms with E-state index in [1.54, 1.807) is 24.7 Å². The molecule has 0 saturated carbocycles. The molecule has 2 aromatic rings. The molecular weight excluding hydrogens is 306 g/mol. The molecule has 1 aliphatic heterocycles. The first kappa shape index (κ1) is 16.1. The highest BCUT2D eigenvalue weighted by atomic mass is 16.1. The van der Waals surface area contributed by atoms with E-state index in [1.165, 1.54) is 6.20 Å². The standard InChI is InChI=1S/C16H21N7O/c17-16(24)12-9-22-14(23-15-10-19-5-6-20-15)7-13(12)21-8-11-1-3-18-4-2-11/h5-7,9-11,18H,1-4,8H2,(H2,17,24)(H2,20,21,22,23). The molecule has 0 aromatic carbocycles. The third kappa shape index (κ3) is 4.17. The molecule has 0 unspecified atom stereocenters. The average Bonchev–Trinajstić information content (AvgIpc) is 2.61. The predicted octanol–water partition coefficient (Wildman–Crippen LogP) is 1.13. The first-order chi connectivity index (χ1) is 11.7. The van der Waals surface area contributed by atoms with Crippen LogP contribution in [0.3, 0.4) is 0 Å². The van der Waals surface area contributed by atoms with Crippen LogP contribution >= 0.6 is 0 Å². The molecule has 0 aliphatic carbocycles. The summed E-state index contributed by atoms with van der Waals surface area (Å²) >= 11 is 0. The van der Waals surface area contributed by atoms with Gasteiger partial charge in [0, 0.05) is 31.2 Å². The summed E-state index contributed by atoms with van der Waals surface area (Å²) in [7, 11) is 0. The lowest BCUT2D eigenvalue weighted by Crippen LogP contribution is -2.31. The number of nitrogens with zero attached hydrogens (tertiary/aromatic N) is 3. The Bertz CT molecular complexity index is 686. The highest BCUT2D eigenvalue weighted by molar-refractivity contribution is 5.98. The molecular formula is C16H21N7O. The monoisotopic (exact) mass is 327 g/mol. The largest absolute Gasteiger partial charge is 0.384 e. The number of nitrogens with one attached hydrogen (secondary N) is 3. The number of aromatic nitrogens is 3. The molecule has 5 N–H and O–H groups in total. The topological polar surface area (TPSA) is 118 Å². The molecule has 2 aromatic heterocycles. The molecule has 0 atom stereocenters. The van der Waals surface area contributed by atoms with E-state index in [9.17, 15) is 4.79 Å². The molecule has 8 heteroatoms. The maximum absolute atomic E-state index is 11.6. The van der Waals surface area contributed by atoms with E-state index in [4.69, 9.17) is 5.73 Å². The Morgan fingerprint density at radius 1 is 1.21 bits per heavy atom. The van der Waals surface area contributed by atoms with Gasteiger partial charge in [-0.2, -0.15) is 0 Å². The van der Waals surface area contributed by atoms with Crippen LogP contribution in [-0.4, -0.2) is 40.5 Å². The Hall–Kier alpha value is -2.74. The van der Waals surface area contributed by atoms with Crippen molar-refractivity contribution in [2.24, 2.45) is 11.7 Å². The van der Waals surface area contributed by atoms with Gasteiger partial charge in [0.1, 0.15) is 11.6 Å². The van der Waals surface area contributed by atoms with Crippen LogP contribution in [0.1, 0.15) is 23.2 Å². The number of anilines is 3. The van der Waals surface area contributed by atoms with E-state index in [0.717, 1.165) is 32.5 Å². The van der Waals surface area contributed by atoms with Crippen LogP contribution in [0.2, 0.25) is 0 Å². The number of nitrogens with two attached hydrogens (primary N) is 1. The second-order valence-electron chi connectivity index (χ2n) is 5.77. The SMILES string of the molecule is NC(=O)c1cnc(Nc2cnccn2)cc1NCC1CCNCC1. The van der Waals surface area contributed by atoms with E-state index in [-0.39, 0.29) is 0 Å². The fourth-order valence-corrected chi connectivity index (χ4v) is 2.70. The second-order valence-corrected chi connectivity index (χ2v) is 5.77. The van der Waals surface area contributed by atoms with E-state index in [1.807, 2.05) is 0 Å². The number of amides is 1. The fraction of sp³-hybridized carbons (Fsp3) is 0.375. The number of hydrogen-bond donors (Lipinski definition) is 4. The Morgan fingerprint density at radius 2 is 2.04 bits per heavy atom. The molecule has 0 spiro atoms. The van der Waals surface area contributed by atoms with Gasteiger partial charge in [-0.25, -0.2) is 9.97 Å². The zero-order valence-electron chi connectivity index (χ0n) is 13.3. The molecule has 126 valence electrons. The number of carbonyl (C=O) groups is 1. The normalized spacial score (nSPS) is 15.0. The highest BCUT2D eigenvalue weighted by Gasteiger charge is 2.15. The number of carbonyl (C=O) groups excluding carboxylic acids is 1. The summed E-state index contributed by atoms with van der Waals surface area (Å²) in [6.07, 6.45) is 8.51. The summed E-state index contributed by atoms with van der Waals surface area (Å²) in [4.78, 5) is 24.0. The molecule has 3 rings (SSSR count). The van der Waals surface area contributed by atoms with Gasteiger partial charge in [0.25, 0.3) is 5.91 Å². The molecule has 1 amide bonds. The molecule has 1 aliphatic rings. The van der Waals surface area contributed by atoms with Crippen LogP contribution in [0.4, 0.5) is 17.3 Å². The molecule has 24 heavy (non-hydrogen) atoms. The van der Waals surface area contributed by atoms with Crippen molar-refractivity contribution in [1.82, 2.24) is 20.3 Å². The maximum Gasteiger partial charge on any atom is 0.252 e. The van der Waals surface area contributed by atoms with Crippen molar-refractivity contribution in [3.05, 3.63) is 36.4 Å². The van der Waals surface area contributed by atoms with Crippen LogP contribution in [0.5, 0.6) is 0 Å². The van der Waals surface area contributed by atoms with Gasteiger partial charge < -0.3 is 21.7 Å².